The van der Waals surface area contributed by atoms with Crippen molar-refractivity contribution in [1.82, 2.24) is 0 Å². The van der Waals surface area contributed by atoms with Crippen molar-refractivity contribution in [2.24, 2.45) is 5.73 Å². The Balaban J connectivity index is 2.51. The first-order valence-corrected chi connectivity index (χ1v) is 5.80. The van der Waals surface area contributed by atoms with Crippen LogP contribution in [0.5, 0.6) is 5.75 Å². The van der Waals surface area contributed by atoms with E-state index in [1.54, 1.807) is 0 Å². The Morgan fingerprint density at radius 1 is 1.44 bits per heavy atom. The average molecular weight is 238 g/mol. The molecule has 16 heavy (non-hydrogen) atoms. The van der Waals surface area contributed by atoms with Gasteiger partial charge >= 0.3 is 0 Å². The van der Waals surface area contributed by atoms with Crippen LogP contribution in [-0.4, -0.2) is 17.6 Å². The molecule has 0 fully saturated rings. The van der Waals surface area contributed by atoms with Crippen molar-refractivity contribution in [1.29, 1.82) is 0 Å². The molecule has 0 saturated carbocycles. The fraction of sp³-hybridized carbons (Fsp3) is 0.417. The van der Waals surface area contributed by atoms with Gasteiger partial charge in [0.05, 0.1) is 11.6 Å². The predicted octanol–water partition coefficient (Wildman–Crippen LogP) is 2.56. The van der Waals surface area contributed by atoms with Crippen molar-refractivity contribution in [2.75, 3.05) is 11.9 Å². The van der Waals surface area contributed by atoms with Gasteiger partial charge in [-0.15, -0.1) is 0 Å². The van der Waals surface area contributed by atoms with Crippen LogP contribution in [0.15, 0.2) is 24.3 Å². The Morgan fingerprint density at radius 3 is 2.56 bits per heavy atom. The second-order valence-corrected chi connectivity index (χ2v) is 4.20. The third kappa shape index (κ3) is 4.49. The van der Waals surface area contributed by atoms with Gasteiger partial charge in [-0.1, -0.05) is 12.2 Å². The van der Waals surface area contributed by atoms with Crippen molar-refractivity contribution in [2.45, 2.75) is 26.3 Å². The van der Waals surface area contributed by atoms with E-state index in [2.05, 4.69) is 12.2 Å². The number of anilines is 1. The lowest BCUT2D eigenvalue weighted by atomic mass is 10.2. The molecule has 88 valence electrons. The third-order valence-corrected chi connectivity index (χ3v) is 2.25. The molecule has 1 unspecified atom stereocenters. The van der Waals surface area contributed by atoms with Crippen LogP contribution in [0.1, 0.15) is 20.3 Å². The van der Waals surface area contributed by atoms with Gasteiger partial charge in [0.25, 0.3) is 0 Å². The van der Waals surface area contributed by atoms with Crippen LogP contribution in [0.2, 0.25) is 0 Å². The maximum Gasteiger partial charge on any atom is 0.119 e. The Kier molecular flexibility index (Phi) is 5.05. The van der Waals surface area contributed by atoms with E-state index in [1.807, 2.05) is 31.2 Å². The van der Waals surface area contributed by atoms with E-state index in [4.69, 9.17) is 22.7 Å². The van der Waals surface area contributed by atoms with Gasteiger partial charge in [-0.3, -0.25) is 0 Å². The normalized spacial score (nSPS) is 11.9. The monoisotopic (exact) mass is 238 g/mol. The number of hydrogen-bond acceptors (Lipinski definition) is 3. The number of hydrogen-bond donors (Lipinski definition) is 2. The summed E-state index contributed by atoms with van der Waals surface area (Å²) in [5.41, 5.74) is 6.53. The number of ether oxygens (including phenoxy) is 1. The number of thiocarbonyl (C=S) groups is 1. The van der Waals surface area contributed by atoms with Crippen LogP contribution in [0.3, 0.4) is 0 Å². The number of benzene rings is 1. The Labute approximate surface area is 102 Å². The molecule has 1 rings (SSSR count). The van der Waals surface area contributed by atoms with Crippen LogP contribution in [0.4, 0.5) is 5.69 Å². The van der Waals surface area contributed by atoms with Gasteiger partial charge in [0.1, 0.15) is 5.75 Å². The maximum absolute atomic E-state index is 5.48. The highest BCUT2D eigenvalue weighted by molar-refractivity contribution is 7.80. The van der Waals surface area contributed by atoms with E-state index in [0.717, 1.165) is 11.4 Å². The first kappa shape index (κ1) is 12.8. The lowest BCUT2D eigenvalue weighted by Gasteiger charge is -2.14. The van der Waals surface area contributed by atoms with E-state index in [-0.39, 0.29) is 6.04 Å². The summed E-state index contributed by atoms with van der Waals surface area (Å²) in [5, 5.41) is 3.32. The molecule has 3 nitrogen and oxygen atoms in total. The largest absolute Gasteiger partial charge is 0.494 e. The third-order valence-electron chi connectivity index (χ3n) is 2.09. The summed E-state index contributed by atoms with van der Waals surface area (Å²) < 4.78 is 5.36. The van der Waals surface area contributed by atoms with Gasteiger partial charge in [-0.05, 0) is 38.1 Å². The van der Waals surface area contributed by atoms with E-state index >= 15 is 0 Å². The van der Waals surface area contributed by atoms with Crippen LogP contribution in [0.25, 0.3) is 0 Å². The molecule has 4 heteroatoms. The molecular weight excluding hydrogens is 220 g/mol. The zero-order valence-corrected chi connectivity index (χ0v) is 10.5. The minimum atomic E-state index is 0.246. The highest BCUT2D eigenvalue weighted by Crippen LogP contribution is 2.16. The molecule has 0 aliphatic carbocycles. The minimum absolute atomic E-state index is 0.246. The quantitative estimate of drug-likeness (QED) is 0.748. The van der Waals surface area contributed by atoms with Gasteiger partial charge in [0.2, 0.25) is 0 Å². The molecule has 0 aliphatic rings. The molecule has 3 N–H and O–H groups in total. The number of nitrogens with one attached hydrogen (secondary N) is 1. The fourth-order valence-corrected chi connectivity index (χ4v) is 1.70. The summed E-state index contributed by atoms with van der Waals surface area (Å²) in [6.07, 6.45) is 0.697. The summed E-state index contributed by atoms with van der Waals surface area (Å²) in [4.78, 5) is 0.533. The second-order valence-electron chi connectivity index (χ2n) is 3.67. The fourth-order valence-electron chi connectivity index (χ4n) is 1.45. The molecule has 0 aromatic heterocycles. The van der Waals surface area contributed by atoms with E-state index in [9.17, 15) is 0 Å². The van der Waals surface area contributed by atoms with Crippen molar-refractivity contribution in [3.63, 3.8) is 0 Å². The van der Waals surface area contributed by atoms with Crippen molar-refractivity contribution in [3.8, 4) is 5.75 Å². The zero-order valence-electron chi connectivity index (χ0n) is 9.69. The van der Waals surface area contributed by atoms with E-state index in [0.29, 0.717) is 18.0 Å². The summed E-state index contributed by atoms with van der Waals surface area (Å²) in [5.74, 6) is 0.884. The smallest absolute Gasteiger partial charge is 0.119 e. The molecule has 1 aromatic rings. The lowest BCUT2D eigenvalue weighted by Crippen LogP contribution is -2.22. The van der Waals surface area contributed by atoms with Crippen molar-refractivity contribution < 1.29 is 4.74 Å². The molecular formula is C12H18N2OS. The molecule has 0 bridgehead atoms. The maximum atomic E-state index is 5.48. The van der Waals surface area contributed by atoms with Gasteiger partial charge in [0, 0.05) is 18.2 Å². The summed E-state index contributed by atoms with van der Waals surface area (Å²) in [7, 11) is 0. The molecule has 0 amide bonds. The SMILES string of the molecule is CCOc1ccc(NC(C)CC(N)=S)cc1. The Morgan fingerprint density at radius 2 is 2.06 bits per heavy atom. The standard InChI is InChI=1S/C12H18N2OS/c1-3-15-11-6-4-10(5-7-11)14-9(2)8-12(13)16/h4-7,9,14H,3,8H2,1-2H3,(H2,13,16). The molecule has 1 atom stereocenters. The van der Waals surface area contributed by atoms with Crippen LogP contribution in [0, 0.1) is 0 Å². The topological polar surface area (TPSA) is 47.3 Å². The molecule has 0 spiro atoms. The van der Waals surface area contributed by atoms with Crippen LogP contribution in [-0.2, 0) is 0 Å². The lowest BCUT2D eigenvalue weighted by molar-refractivity contribution is 0.340. The summed E-state index contributed by atoms with van der Waals surface area (Å²) in [6, 6.07) is 8.11. The highest BCUT2D eigenvalue weighted by Gasteiger charge is 2.03. The first-order chi connectivity index (χ1) is 7.61. The predicted molar refractivity (Wildman–Crippen MR) is 72.1 cm³/mol. The Hall–Kier alpha value is -1.29. The molecule has 0 aliphatic heterocycles. The second kappa shape index (κ2) is 6.33. The van der Waals surface area contributed by atoms with Gasteiger partial charge in [0.15, 0.2) is 0 Å². The van der Waals surface area contributed by atoms with Crippen molar-refractivity contribution in [3.05, 3.63) is 24.3 Å². The van der Waals surface area contributed by atoms with Gasteiger partial charge in [-0.2, -0.15) is 0 Å². The molecule has 0 saturated heterocycles. The molecule has 0 heterocycles. The molecule has 1 aromatic carbocycles. The van der Waals surface area contributed by atoms with E-state index in [1.165, 1.54) is 0 Å². The number of rotatable bonds is 6. The highest BCUT2D eigenvalue weighted by atomic mass is 32.1. The number of nitrogens with two attached hydrogens (primary N) is 1. The van der Waals surface area contributed by atoms with E-state index < -0.39 is 0 Å². The van der Waals surface area contributed by atoms with Crippen LogP contribution < -0.4 is 15.8 Å². The average Bonchev–Trinajstić information content (AvgIpc) is 2.20. The summed E-state index contributed by atoms with van der Waals surface area (Å²) >= 11 is 4.86. The van der Waals surface area contributed by atoms with Crippen molar-refractivity contribution >= 4 is 22.9 Å². The molecule has 0 radical (unpaired) electrons. The minimum Gasteiger partial charge on any atom is -0.494 e. The zero-order chi connectivity index (χ0) is 12.0. The van der Waals surface area contributed by atoms with Crippen LogP contribution >= 0.6 is 12.2 Å². The van der Waals surface area contributed by atoms with Gasteiger partial charge < -0.3 is 15.8 Å². The Bertz CT molecular complexity index is 337. The summed E-state index contributed by atoms with van der Waals surface area (Å²) in [6.45, 7) is 4.71. The van der Waals surface area contributed by atoms with Gasteiger partial charge in [-0.25, -0.2) is 0 Å². The first-order valence-electron chi connectivity index (χ1n) is 5.39.